The van der Waals surface area contributed by atoms with E-state index in [-0.39, 0.29) is 5.91 Å². The molecule has 0 aliphatic carbocycles. The summed E-state index contributed by atoms with van der Waals surface area (Å²) in [6, 6.07) is 12.8. The highest BCUT2D eigenvalue weighted by Gasteiger charge is 2.15. The van der Waals surface area contributed by atoms with Crippen molar-refractivity contribution in [2.75, 3.05) is 5.32 Å². The largest absolute Gasteiger partial charge is 0.481 e. The van der Waals surface area contributed by atoms with Crippen LogP contribution in [0, 0.1) is 13.8 Å². The van der Waals surface area contributed by atoms with Crippen LogP contribution >= 0.6 is 11.6 Å². The van der Waals surface area contributed by atoms with Crippen LogP contribution in [0.4, 0.5) is 5.69 Å². The third kappa shape index (κ3) is 4.23. The lowest BCUT2D eigenvalue weighted by atomic mass is 10.1. The normalized spacial score (nSPS) is 11.8. The van der Waals surface area contributed by atoms with Crippen LogP contribution in [0.15, 0.2) is 42.5 Å². The minimum Gasteiger partial charge on any atom is -0.481 e. The Labute approximate surface area is 129 Å². The summed E-state index contributed by atoms with van der Waals surface area (Å²) in [5, 5.41) is 3.43. The molecule has 3 nitrogen and oxygen atoms in total. The molecular formula is C17H18ClNO2. The summed E-state index contributed by atoms with van der Waals surface area (Å²) in [5.74, 6) is 0.378. The second kappa shape index (κ2) is 6.64. The highest BCUT2D eigenvalue weighted by atomic mass is 35.5. The van der Waals surface area contributed by atoms with E-state index >= 15 is 0 Å². The smallest absolute Gasteiger partial charge is 0.265 e. The van der Waals surface area contributed by atoms with Crippen LogP contribution in [0.3, 0.4) is 0 Å². The maximum Gasteiger partial charge on any atom is 0.265 e. The maximum absolute atomic E-state index is 12.1. The van der Waals surface area contributed by atoms with Gasteiger partial charge in [0.2, 0.25) is 0 Å². The first-order valence-corrected chi connectivity index (χ1v) is 7.14. The van der Waals surface area contributed by atoms with Crippen LogP contribution in [0.2, 0.25) is 5.02 Å². The summed E-state index contributed by atoms with van der Waals surface area (Å²) in [5.41, 5.74) is 3.09. The van der Waals surface area contributed by atoms with Crippen molar-refractivity contribution in [2.45, 2.75) is 26.9 Å². The number of carbonyl (C=O) groups excluding carboxylic acids is 1. The summed E-state index contributed by atoms with van der Waals surface area (Å²) >= 11 is 5.89. The van der Waals surface area contributed by atoms with Crippen LogP contribution in [-0.4, -0.2) is 12.0 Å². The summed E-state index contributed by atoms with van der Waals surface area (Å²) in [6.07, 6.45) is -0.606. The number of carbonyl (C=O) groups is 1. The number of halogens is 1. The van der Waals surface area contributed by atoms with Gasteiger partial charge in [0.1, 0.15) is 5.75 Å². The molecule has 2 rings (SSSR count). The van der Waals surface area contributed by atoms with Crippen molar-refractivity contribution >= 4 is 23.2 Å². The Morgan fingerprint density at radius 1 is 1.14 bits per heavy atom. The number of anilines is 1. The van der Waals surface area contributed by atoms with Crippen LogP contribution in [0.5, 0.6) is 5.75 Å². The lowest BCUT2D eigenvalue weighted by Crippen LogP contribution is -2.30. The molecule has 1 atom stereocenters. The van der Waals surface area contributed by atoms with Gasteiger partial charge in [0.15, 0.2) is 6.10 Å². The Morgan fingerprint density at radius 3 is 2.57 bits per heavy atom. The molecule has 1 amide bonds. The van der Waals surface area contributed by atoms with E-state index < -0.39 is 6.10 Å². The van der Waals surface area contributed by atoms with Gasteiger partial charge in [-0.15, -0.1) is 0 Å². The molecule has 0 aliphatic rings. The van der Waals surface area contributed by atoms with Crippen LogP contribution < -0.4 is 10.1 Å². The zero-order valence-electron chi connectivity index (χ0n) is 12.3. The Hall–Kier alpha value is -2.00. The SMILES string of the molecule is Cc1ccc(NC(=O)[C@H](C)Oc2cccc(Cl)c2)cc1C. The minimum atomic E-state index is -0.606. The monoisotopic (exact) mass is 303 g/mol. The Bertz CT molecular complexity index is 655. The summed E-state index contributed by atoms with van der Waals surface area (Å²) in [7, 11) is 0. The molecule has 2 aromatic carbocycles. The molecule has 0 saturated carbocycles. The molecule has 0 radical (unpaired) electrons. The second-order valence-electron chi connectivity index (χ2n) is 5.01. The van der Waals surface area contributed by atoms with E-state index in [1.807, 2.05) is 32.0 Å². The van der Waals surface area contributed by atoms with Gasteiger partial charge in [-0.05, 0) is 62.2 Å². The zero-order valence-corrected chi connectivity index (χ0v) is 13.1. The van der Waals surface area contributed by atoms with Gasteiger partial charge < -0.3 is 10.1 Å². The molecule has 0 aliphatic heterocycles. The Kier molecular flexibility index (Phi) is 4.86. The lowest BCUT2D eigenvalue weighted by molar-refractivity contribution is -0.122. The fourth-order valence-corrected chi connectivity index (χ4v) is 2.04. The number of hydrogen-bond acceptors (Lipinski definition) is 2. The number of hydrogen-bond donors (Lipinski definition) is 1. The first-order chi connectivity index (χ1) is 9.95. The summed E-state index contributed by atoms with van der Waals surface area (Å²) in [6.45, 7) is 5.75. The van der Waals surface area contributed by atoms with Gasteiger partial charge in [-0.1, -0.05) is 23.7 Å². The van der Waals surface area contributed by atoms with Crippen molar-refractivity contribution in [3.05, 3.63) is 58.6 Å². The lowest BCUT2D eigenvalue weighted by Gasteiger charge is -2.15. The van der Waals surface area contributed by atoms with E-state index in [1.165, 1.54) is 5.56 Å². The van der Waals surface area contributed by atoms with Gasteiger partial charge in [0.05, 0.1) is 0 Å². The van der Waals surface area contributed by atoms with Gasteiger partial charge >= 0.3 is 0 Å². The molecule has 0 unspecified atom stereocenters. The van der Waals surface area contributed by atoms with Crippen LogP contribution in [-0.2, 0) is 4.79 Å². The number of aryl methyl sites for hydroxylation is 2. The molecular weight excluding hydrogens is 286 g/mol. The number of benzene rings is 2. The molecule has 0 spiro atoms. The average Bonchev–Trinajstić information content (AvgIpc) is 2.43. The predicted octanol–water partition coefficient (Wildman–Crippen LogP) is 4.36. The van der Waals surface area contributed by atoms with E-state index in [0.717, 1.165) is 11.3 Å². The van der Waals surface area contributed by atoms with Crippen LogP contribution in [0.1, 0.15) is 18.1 Å². The molecule has 21 heavy (non-hydrogen) atoms. The van der Waals surface area contributed by atoms with Gasteiger partial charge in [-0.25, -0.2) is 0 Å². The van der Waals surface area contributed by atoms with Gasteiger partial charge in [-0.2, -0.15) is 0 Å². The van der Waals surface area contributed by atoms with Gasteiger partial charge in [-0.3, -0.25) is 4.79 Å². The molecule has 0 saturated heterocycles. The van der Waals surface area contributed by atoms with E-state index in [9.17, 15) is 4.79 Å². The first-order valence-electron chi connectivity index (χ1n) is 6.76. The van der Waals surface area contributed by atoms with Crippen molar-refractivity contribution in [3.8, 4) is 5.75 Å². The van der Waals surface area contributed by atoms with Gasteiger partial charge in [0, 0.05) is 10.7 Å². The van der Waals surface area contributed by atoms with Crippen molar-refractivity contribution in [1.29, 1.82) is 0 Å². The third-order valence-electron chi connectivity index (χ3n) is 3.25. The maximum atomic E-state index is 12.1. The van der Waals surface area contributed by atoms with Crippen LogP contribution in [0.25, 0.3) is 0 Å². The number of nitrogens with one attached hydrogen (secondary N) is 1. The van der Waals surface area contributed by atoms with Crippen molar-refractivity contribution in [1.82, 2.24) is 0 Å². The zero-order chi connectivity index (χ0) is 15.4. The first kappa shape index (κ1) is 15.4. The number of ether oxygens (including phenoxy) is 1. The van der Waals surface area contributed by atoms with Crippen molar-refractivity contribution in [2.24, 2.45) is 0 Å². The molecule has 0 bridgehead atoms. The highest BCUT2D eigenvalue weighted by Crippen LogP contribution is 2.19. The third-order valence-corrected chi connectivity index (χ3v) is 3.49. The van der Waals surface area contributed by atoms with Gasteiger partial charge in [0.25, 0.3) is 5.91 Å². The van der Waals surface area contributed by atoms with Crippen molar-refractivity contribution < 1.29 is 9.53 Å². The molecule has 110 valence electrons. The fraction of sp³-hybridized carbons (Fsp3) is 0.235. The second-order valence-corrected chi connectivity index (χ2v) is 5.44. The number of amides is 1. The molecule has 4 heteroatoms. The minimum absolute atomic E-state index is 0.196. The molecule has 2 aromatic rings. The van der Waals surface area contributed by atoms with E-state index in [2.05, 4.69) is 5.32 Å². The molecule has 0 heterocycles. The van der Waals surface area contributed by atoms with Crippen molar-refractivity contribution in [3.63, 3.8) is 0 Å². The quantitative estimate of drug-likeness (QED) is 0.911. The van der Waals surface area contributed by atoms with E-state index in [4.69, 9.17) is 16.3 Å². The van der Waals surface area contributed by atoms with E-state index in [0.29, 0.717) is 10.8 Å². The molecule has 1 N–H and O–H groups in total. The highest BCUT2D eigenvalue weighted by molar-refractivity contribution is 6.30. The topological polar surface area (TPSA) is 38.3 Å². The fourth-order valence-electron chi connectivity index (χ4n) is 1.86. The Morgan fingerprint density at radius 2 is 1.90 bits per heavy atom. The van der Waals surface area contributed by atoms with E-state index in [1.54, 1.807) is 31.2 Å². The molecule has 0 fully saturated rings. The summed E-state index contributed by atoms with van der Waals surface area (Å²) < 4.78 is 5.59. The molecule has 0 aromatic heterocycles. The summed E-state index contributed by atoms with van der Waals surface area (Å²) in [4.78, 5) is 12.1. The Balaban J connectivity index is 2.00. The average molecular weight is 304 g/mol. The predicted molar refractivity (Wildman–Crippen MR) is 86.1 cm³/mol. The number of rotatable bonds is 4. The standard InChI is InChI=1S/C17H18ClNO2/c1-11-7-8-15(9-12(11)2)19-17(20)13(3)21-16-6-4-5-14(18)10-16/h4-10,13H,1-3H3,(H,19,20)/t13-/m0/s1.